The predicted octanol–water partition coefficient (Wildman–Crippen LogP) is 4.60. The Morgan fingerprint density at radius 3 is 2.56 bits per heavy atom. The van der Waals surface area contributed by atoms with Crippen LogP contribution in [-0.2, 0) is 13.0 Å². The zero-order valence-corrected chi connectivity index (χ0v) is 15.0. The van der Waals surface area contributed by atoms with E-state index in [2.05, 4.69) is 16.9 Å². The van der Waals surface area contributed by atoms with Gasteiger partial charge in [0.1, 0.15) is 5.82 Å². The summed E-state index contributed by atoms with van der Waals surface area (Å²) in [5.74, 6) is -0.521. The van der Waals surface area contributed by atoms with Crippen LogP contribution in [-0.4, -0.2) is 21.0 Å². The molecular weight excluding hydrogens is 355 g/mol. The van der Waals surface area contributed by atoms with Crippen molar-refractivity contribution in [3.05, 3.63) is 58.5 Å². The van der Waals surface area contributed by atoms with Gasteiger partial charge in [-0.05, 0) is 35.6 Å². The molecule has 0 bridgehead atoms. The van der Waals surface area contributed by atoms with E-state index < -0.39 is 18.7 Å². The van der Waals surface area contributed by atoms with Gasteiger partial charge in [-0.1, -0.05) is 19.8 Å². The molecule has 7 heteroatoms. The number of benzene rings is 1. The fraction of sp³-hybridized carbons (Fsp3) is 0.350. The van der Waals surface area contributed by atoms with E-state index in [0.29, 0.717) is 17.3 Å². The number of aryl methyl sites for hydroxylation is 1. The lowest BCUT2D eigenvalue weighted by Gasteiger charge is -2.09. The van der Waals surface area contributed by atoms with Crippen molar-refractivity contribution >= 4 is 10.8 Å². The maximum atomic E-state index is 14.6. The molecule has 0 aliphatic heterocycles. The lowest BCUT2D eigenvalue weighted by atomic mass is 10.1. The standard InChI is InChI=1S/C20H20F3N3O/c1-2-3-4-6-26-7-5-14-9-16(17(21)10-15(14)20(26)27)19-24-11-13(12-25-19)8-18(22)23/h5,7,9-12,18H,2-4,6,8H2,1H3. The number of rotatable bonds is 7. The van der Waals surface area contributed by atoms with Crippen molar-refractivity contribution in [2.75, 3.05) is 0 Å². The molecule has 0 saturated heterocycles. The summed E-state index contributed by atoms with van der Waals surface area (Å²) in [6.45, 7) is 2.68. The number of unbranched alkanes of at least 4 members (excludes halogenated alkanes) is 2. The first kappa shape index (κ1) is 19.1. The average Bonchev–Trinajstić information content (AvgIpc) is 2.64. The Hall–Kier alpha value is -2.70. The number of halogens is 3. The predicted molar refractivity (Wildman–Crippen MR) is 98.4 cm³/mol. The van der Waals surface area contributed by atoms with Crippen LogP contribution in [0.25, 0.3) is 22.2 Å². The molecule has 2 heterocycles. The summed E-state index contributed by atoms with van der Waals surface area (Å²) in [6.07, 6.45) is 4.27. The van der Waals surface area contributed by atoms with Gasteiger partial charge in [0.05, 0.1) is 10.9 Å². The molecule has 1 aromatic carbocycles. The van der Waals surface area contributed by atoms with Crippen molar-refractivity contribution in [3.8, 4) is 11.4 Å². The molecule has 0 radical (unpaired) electrons. The molecule has 4 nitrogen and oxygen atoms in total. The van der Waals surface area contributed by atoms with Crippen LogP contribution < -0.4 is 5.56 Å². The fourth-order valence-corrected chi connectivity index (χ4v) is 2.96. The van der Waals surface area contributed by atoms with Gasteiger partial charge in [0.15, 0.2) is 5.82 Å². The largest absolute Gasteiger partial charge is 0.315 e. The third-order valence-corrected chi connectivity index (χ3v) is 4.40. The normalized spacial score (nSPS) is 11.4. The van der Waals surface area contributed by atoms with Crippen molar-refractivity contribution in [1.82, 2.24) is 14.5 Å². The summed E-state index contributed by atoms with van der Waals surface area (Å²) in [4.78, 5) is 20.5. The van der Waals surface area contributed by atoms with Crippen LogP contribution >= 0.6 is 0 Å². The zero-order chi connectivity index (χ0) is 19.4. The summed E-state index contributed by atoms with van der Waals surface area (Å²) < 4.78 is 41.0. The average molecular weight is 375 g/mol. The molecule has 0 saturated carbocycles. The van der Waals surface area contributed by atoms with Gasteiger partial charge in [-0.2, -0.15) is 0 Å². The highest BCUT2D eigenvalue weighted by atomic mass is 19.3. The number of hydrogen-bond acceptors (Lipinski definition) is 3. The Morgan fingerprint density at radius 1 is 1.15 bits per heavy atom. The Morgan fingerprint density at radius 2 is 1.89 bits per heavy atom. The maximum absolute atomic E-state index is 14.6. The molecule has 27 heavy (non-hydrogen) atoms. The second-order valence-corrected chi connectivity index (χ2v) is 6.45. The van der Waals surface area contributed by atoms with Gasteiger partial charge in [-0.3, -0.25) is 4.79 Å². The van der Waals surface area contributed by atoms with E-state index in [9.17, 15) is 18.0 Å². The SMILES string of the molecule is CCCCCn1ccc2cc(-c3ncc(CC(F)F)cn3)c(F)cc2c1=O. The Balaban J connectivity index is 1.95. The Kier molecular flexibility index (Phi) is 5.88. The molecule has 3 aromatic rings. The van der Waals surface area contributed by atoms with Crippen molar-refractivity contribution in [1.29, 1.82) is 0 Å². The highest BCUT2D eigenvalue weighted by Gasteiger charge is 2.13. The fourth-order valence-electron chi connectivity index (χ4n) is 2.96. The zero-order valence-electron chi connectivity index (χ0n) is 15.0. The molecule has 0 unspecified atom stereocenters. The second kappa shape index (κ2) is 8.33. The highest BCUT2D eigenvalue weighted by Crippen LogP contribution is 2.24. The molecule has 0 amide bonds. The lowest BCUT2D eigenvalue weighted by Crippen LogP contribution is -2.19. The topological polar surface area (TPSA) is 47.8 Å². The van der Waals surface area contributed by atoms with Crippen LogP contribution in [0.2, 0.25) is 0 Å². The van der Waals surface area contributed by atoms with Gasteiger partial charge >= 0.3 is 0 Å². The van der Waals surface area contributed by atoms with Gasteiger partial charge < -0.3 is 4.57 Å². The van der Waals surface area contributed by atoms with E-state index in [1.165, 1.54) is 24.5 Å². The van der Waals surface area contributed by atoms with Crippen molar-refractivity contribution in [3.63, 3.8) is 0 Å². The number of pyridine rings is 1. The van der Waals surface area contributed by atoms with E-state index in [0.717, 1.165) is 19.3 Å². The third kappa shape index (κ3) is 4.35. The second-order valence-electron chi connectivity index (χ2n) is 6.45. The Bertz CT molecular complexity index is 984. The molecule has 0 spiro atoms. The smallest absolute Gasteiger partial charge is 0.258 e. The van der Waals surface area contributed by atoms with Crippen LogP contribution in [0.5, 0.6) is 0 Å². The highest BCUT2D eigenvalue weighted by molar-refractivity contribution is 5.85. The molecule has 2 aromatic heterocycles. The van der Waals surface area contributed by atoms with Crippen molar-refractivity contribution < 1.29 is 13.2 Å². The summed E-state index contributed by atoms with van der Waals surface area (Å²) in [5, 5.41) is 0.882. The molecule has 0 aliphatic rings. The van der Waals surface area contributed by atoms with Gasteiger partial charge in [0.2, 0.25) is 6.43 Å². The van der Waals surface area contributed by atoms with Crippen molar-refractivity contribution in [2.24, 2.45) is 0 Å². The van der Waals surface area contributed by atoms with Gasteiger partial charge in [0.25, 0.3) is 5.56 Å². The minimum atomic E-state index is -2.49. The molecular formula is C20H20F3N3O. The molecule has 0 atom stereocenters. The monoisotopic (exact) mass is 375 g/mol. The summed E-state index contributed by atoms with van der Waals surface area (Å²) in [6, 6.07) is 4.47. The first-order chi connectivity index (χ1) is 13.0. The van der Waals surface area contributed by atoms with Crippen LogP contribution in [0, 0.1) is 5.82 Å². The first-order valence-electron chi connectivity index (χ1n) is 8.91. The van der Waals surface area contributed by atoms with Crippen LogP contribution in [0.1, 0.15) is 31.7 Å². The molecule has 0 aliphatic carbocycles. The Labute approximate surface area is 154 Å². The van der Waals surface area contributed by atoms with E-state index in [4.69, 9.17) is 0 Å². The number of fused-ring (bicyclic) bond motifs is 1. The number of hydrogen-bond donors (Lipinski definition) is 0. The minimum absolute atomic E-state index is 0.0968. The van der Waals surface area contributed by atoms with E-state index in [1.54, 1.807) is 16.8 Å². The molecule has 142 valence electrons. The van der Waals surface area contributed by atoms with Gasteiger partial charge in [0, 0.05) is 31.6 Å². The van der Waals surface area contributed by atoms with E-state index in [1.807, 2.05) is 0 Å². The van der Waals surface area contributed by atoms with E-state index >= 15 is 0 Å². The third-order valence-electron chi connectivity index (χ3n) is 4.40. The van der Waals surface area contributed by atoms with Crippen LogP contribution in [0.3, 0.4) is 0 Å². The maximum Gasteiger partial charge on any atom is 0.258 e. The number of aromatic nitrogens is 3. The minimum Gasteiger partial charge on any atom is -0.315 e. The summed E-state index contributed by atoms with van der Waals surface area (Å²) >= 11 is 0. The van der Waals surface area contributed by atoms with Crippen LogP contribution in [0.15, 0.2) is 41.6 Å². The summed E-state index contributed by atoms with van der Waals surface area (Å²) in [5.41, 5.74) is 0.182. The molecule has 0 N–H and O–H groups in total. The van der Waals surface area contributed by atoms with Gasteiger partial charge in [-0.25, -0.2) is 23.1 Å². The number of nitrogens with zero attached hydrogens (tertiary/aromatic N) is 3. The number of alkyl halides is 2. The van der Waals surface area contributed by atoms with E-state index in [-0.39, 0.29) is 22.5 Å². The molecule has 0 fully saturated rings. The molecule has 3 rings (SSSR count). The first-order valence-corrected chi connectivity index (χ1v) is 8.91. The lowest BCUT2D eigenvalue weighted by molar-refractivity contribution is 0.149. The van der Waals surface area contributed by atoms with Crippen LogP contribution in [0.4, 0.5) is 13.2 Å². The van der Waals surface area contributed by atoms with Crippen molar-refractivity contribution in [2.45, 2.75) is 45.6 Å². The summed E-state index contributed by atoms with van der Waals surface area (Å²) in [7, 11) is 0. The van der Waals surface area contributed by atoms with Gasteiger partial charge in [-0.15, -0.1) is 0 Å². The quantitative estimate of drug-likeness (QED) is 0.567.